The molecule has 0 fully saturated rings. The molecule has 0 aliphatic heterocycles. The number of amides is 1. The number of hydrogen-bond donors (Lipinski definition) is 2. The van der Waals surface area contributed by atoms with E-state index in [2.05, 4.69) is 5.32 Å². The van der Waals surface area contributed by atoms with Crippen molar-refractivity contribution in [1.82, 2.24) is 5.32 Å². The van der Waals surface area contributed by atoms with E-state index in [-0.39, 0.29) is 18.6 Å². The van der Waals surface area contributed by atoms with Crippen molar-refractivity contribution in [3.63, 3.8) is 0 Å². The fraction of sp³-hybridized carbons (Fsp3) is 0.462. The number of benzene rings is 1. The van der Waals surface area contributed by atoms with Gasteiger partial charge in [0, 0.05) is 13.0 Å². The molecule has 1 atom stereocenters. The molecule has 94 valence electrons. The van der Waals surface area contributed by atoms with Gasteiger partial charge in [0.1, 0.15) is 5.75 Å². The normalized spacial score (nSPS) is 11.9. The molecule has 0 heterocycles. The summed E-state index contributed by atoms with van der Waals surface area (Å²) in [5.74, 6) is 0.730. The van der Waals surface area contributed by atoms with E-state index >= 15 is 0 Å². The molecule has 0 bridgehead atoms. The van der Waals surface area contributed by atoms with Crippen LogP contribution in [0, 0.1) is 0 Å². The molecule has 0 spiro atoms. The van der Waals surface area contributed by atoms with Gasteiger partial charge >= 0.3 is 0 Å². The first kappa shape index (κ1) is 13.5. The highest BCUT2D eigenvalue weighted by atomic mass is 16.5. The molecule has 2 N–H and O–H groups in total. The van der Waals surface area contributed by atoms with Crippen LogP contribution in [-0.4, -0.2) is 24.7 Å². The molecule has 0 unspecified atom stereocenters. The van der Waals surface area contributed by atoms with Gasteiger partial charge in [0.25, 0.3) is 0 Å². The molecule has 0 saturated carbocycles. The minimum atomic E-state index is -0.0590. The van der Waals surface area contributed by atoms with Gasteiger partial charge in [0.05, 0.1) is 13.2 Å². The van der Waals surface area contributed by atoms with Gasteiger partial charge in [0.15, 0.2) is 0 Å². The van der Waals surface area contributed by atoms with Crippen LogP contribution in [0.25, 0.3) is 0 Å². The van der Waals surface area contributed by atoms with Crippen molar-refractivity contribution in [2.75, 3.05) is 13.7 Å². The van der Waals surface area contributed by atoms with Crippen LogP contribution in [0.15, 0.2) is 24.3 Å². The van der Waals surface area contributed by atoms with Crippen molar-refractivity contribution in [2.24, 2.45) is 0 Å². The fourth-order valence-corrected chi connectivity index (χ4v) is 1.55. The van der Waals surface area contributed by atoms with Gasteiger partial charge in [-0.05, 0) is 31.0 Å². The van der Waals surface area contributed by atoms with Crippen LogP contribution in [0.3, 0.4) is 0 Å². The minimum absolute atomic E-state index is 0.0426. The van der Waals surface area contributed by atoms with E-state index in [0.29, 0.717) is 12.8 Å². The lowest BCUT2D eigenvalue weighted by Crippen LogP contribution is -2.26. The van der Waals surface area contributed by atoms with Gasteiger partial charge in [-0.2, -0.15) is 0 Å². The topological polar surface area (TPSA) is 58.6 Å². The molecule has 17 heavy (non-hydrogen) atoms. The molecule has 0 radical (unpaired) electrons. The molecule has 4 heteroatoms. The molecule has 0 aliphatic rings. The molecule has 1 amide bonds. The Kier molecular flexibility index (Phi) is 5.49. The predicted octanol–water partition coefficient (Wildman–Crippen LogP) is 1.64. The first-order chi connectivity index (χ1) is 8.17. The Morgan fingerprint density at radius 2 is 2.29 bits per heavy atom. The van der Waals surface area contributed by atoms with Crippen LogP contribution in [0.2, 0.25) is 0 Å². The molecule has 1 aromatic rings. The minimum Gasteiger partial charge on any atom is -0.497 e. The number of aliphatic hydroxyl groups is 1. The molecular formula is C13H19NO3. The Hall–Kier alpha value is -1.55. The maximum absolute atomic E-state index is 11.5. The second-order valence-corrected chi connectivity index (χ2v) is 3.89. The highest BCUT2D eigenvalue weighted by Gasteiger charge is 2.09. The molecule has 0 aromatic heterocycles. The summed E-state index contributed by atoms with van der Waals surface area (Å²) in [6, 6.07) is 7.54. The number of carbonyl (C=O) groups excluding carboxylic acids is 1. The molecule has 4 nitrogen and oxygen atoms in total. The molecule has 1 aromatic carbocycles. The van der Waals surface area contributed by atoms with Crippen LogP contribution in [0.5, 0.6) is 5.75 Å². The first-order valence-electron chi connectivity index (χ1n) is 5.71. The Balaban J connectivity index is 2.56. The average molecular weight is 237 g/mol. The SMILES string of the molecule is COc1cccc([C@H](C)NC(=O)CCCO)c1. The van der Waals surface area contributed by atoms with Crippen molar-refractivity contribution in [3.05, 3.63) is 29.8 Å². The summed E-state index contributed by atoms with van der Waals surface area (Å²) >= 11 is 0. The molecule has 0 saturated heterocycles. The van der Waals surface area contributed by atoms with Crippen LogP contribution in [0.4, 0.5) is 0 Å². The second-order valence-electron chi connectivity index (χ2n) is 3.89. The lowest BCUT2D eigenvalue weighted by molar-refractivity contribution is -0.122. The monoisotopic (exact) mass is 237 g/mol. The van der Waals surface area contributed by atoms with Crippen molar-refractivity contribution in [3.8, 4) is 5.75 Å². The predicted molar refractivity (Wildman–Crippen MR) is 65.9 cm³/mol. The van der Waals surface area contributed by atoms with E-state index < -0.39 is 0 Å². The van der Waals surface area contributed by atoms with E-state index in [1.54, 1.807) is 7.11 Å². The highest BCUT2D eigenvalue weighted by Crippen LogP contribution is 2.18. The summed E-state index contributed by atoms with van der Waals surface area (Å²) in [6.07, 6.45) is 0.849. The third kappa shape index (κ3) is 4.44. The number of nitrogens with one attached hydrogen (secondary N) is 1. The number of rotatable bonds is 6. The zero-order valence-corrected chi connectivity index (χ0v) is 10.3. The van der Waals surface area contributed by atoms with Crippen molar-refractivity contribution >= 4 is 5.91 Å². The summed E-state index contributed by atoms with van der Waals surface area (Å²) in [5.41, 5.74) is 1.00. The van der Waals surface area contributed by atoms with E-state index in [1.807, 2.05) is 31.2 Å². The third-order valence-corrected chi connectivity index (χ3v) is 2.53. The quantitative estimate of drug-likeness (QED) is 0.791. The number of carbonyl (C=O) groups is 1. The lowest BCUT2D eigenvalue weighted by Gasteiger charge is -2.15. The molecular weight excluding hydrogens is 218 g/mol. The maximum Gasteiger partial charge on any atom is 0.220 e. The smallest absolute Gasteiger partial charge is 0.220 e. The summed E-state index contributed by atoms with van der Waals surface area (Å²) in [6.45, 7) is 1.96. The fourth-order valence-electron chi connectivity index (χ4n) is 1.55. The summed E-state index contributed by atoms with van der Waals surface area (Å²) in [4.78, 5) is 11.5. The van der Waals surface area contributed by atoms with Crippen LogP contribution in [-0.2, 0) is 4.79 Å². The number of hydrogen-bond acceptors (Lipinski definition) is 3. The number of methoxy groups -OCH3 is 1. The van der Waals surface area contributed by atoms with Gasteiger partial charge < -0.3 is 15.2 Å². The second kappa shape index (κ2) is 6.91. The highest BCUT2D eigenvalue weighted by molar-refractivity contribution is 5.76. The van der Waals surface area contributed by atoms with Crippen molar-refractivity contribution in [2.45, 2.75) is 25.8 Å². The van der Waals surface area contributed by atoms with Gasteiger partial charge in [-0.1, -0.05) is 12.1 Å². The van der Waals surface area contributed by atoms with E-state index in [1.165, 1.54) is 0 Å². The van der Waals surface area contributed by atoms with Gasteiger partial charge in [-0.3, -0.25) is 4.79 Å². The standard InChI is InChI=1S/C13H19NO3/c1-10(14-13(16)7-4-8-15)11-5-3-6-12(9-11)17-2/h3,5-6,9-10,15H,4,7-8H2,1-2H3,(H,14,16)/t10-/m0/s1. The van der Waals surface area contributed by atoms with Gasteiger partial charge in [0.2, 0.25) is 5.91 Å². The van der Waals surface area contributed by atoms with E-state index in [4.69, 9.17) is 9.84 Å². The Labute approximate surface area is 102 Å². The van der Waals surface area contributed by atoms with Crippen molar-refractivity contribution < 1.29 is 14.6 Å². The third-order valence-electron chi connectivity index (χ3n) is 2.53. The van der Waals surface area contributed by atoms with Gasteiger partial charge in [-0.15, -0.1) is 0 Å². The van der Waals surface area contributed by atoms with Gasteiger partial charge in [-0.25, -0.2) is 0 Å². The molecule has 1 rings (SSSR count). The number of ether oxygens (including phenoxy) is 1. The summed E-state index contributed by atoms with van der Waals surface area (Å²) in [7, 11) is 1.61. The summed E-state index contributed by atoms with van der Waals surface area (Å²) < 4.78 is 5.13. The van der Waals surface area contributed by atoms with E-state index in [9.17, 15) is 4.79 Å². The summed E-state index contributed by atoms with van der Waals surface area (Å²) in [5, 5.41) is 11.5. The van der Waals surface area contributed by atoms with Crippen molar-refractivity contribution in [1.29, 1.82) is 0 Å². The zero-order chi connectivity index (χ0) is 12.7. The Bertz CT molecular complexity index is 365. The largest absolute Gasteiger partial charge is 0.497 e. The zero-order valence-electron chi connectivity index (χ0n) is 10.3. The Morgan fingerprint density at radius 3 is 2.94 bits per heavy atom. The van der Waals surface area contributed by atoms with Crippen LogP contribution in [0.1, 0.15) is 31.4 Å². The average Bonchev–Trinajstić information content (AvgIpc) is 2.36. The van der Waals surface area contributed by atoms with Crippen LogP contribution >= 0.6 is 0 Å². The number of aliphatic hydroxyl groups excluding tert-OH is 1. The Morgan fingerprint density at radius 1 is 1.53 bits per heavy atom. The van der Waals surface area contributed by atoms with E-state index in [0.717, 1.165) is 11.3 Å². The lowest BCUT2D eigenvalue weighted by atomic mass is 10.1. The maximum atomic E-state index is 11.5. The molecule has 0 aliphatic carbocycles. The first-order valence-corrected chi connectivity index (χ1v) is 5.71. The van der Waals surface area contributed by atoms with Crippen LogP contribution < -0.4 is 10.1 Å².